The first-order chi connectivity index (χ1) is 17.1. The minimum absolute atomic E-state index is 0. The number of hydrogen-bond donors (Lipinski definition) is 1. The van der Waals surface area contributed by atoms with Gasteiger partial charge in [0.25, 0.3) is 0 Å². The van der Waals surface area contributed by atoms with Gasteiger partial charge in [-0.3, -0.25) is 0 Å². The van der Waals surface area contributed by atoms with E-state index in [1.54, 1.807) is 3.28 Å². The van der Waals surface area contributed by atoms with Crippen molar-refractivity contribution in [3.05, 3.63) is 116 Å². The van der Waals surface area contributed by atoms with Gasteiger partial charge in [0.2, 0.25) is 0 Å². The van der Waals surface area contributed by atoms with Crippen molar-refractivity contribution < 1.29 is 50.8 Å². The summed E-state index contributed by atoms with van der Waals surface area (Å²) in [5.74, 6) is -1.21. The molecule has 38 heavy (non-hydrogen) atoms. The molecule has 1 atom stereocenters. The molecule has 0 aliphatic heterocycles. The van der Waals surface area contributed by atoms with E-state index in [9.17, 15) is 4.79 Å². The molecule has 4 rings (SSSR count). The molecular weight excluding hydrogens is 605 g/mol. The van der Waals surface area contributed by atoms with Crippen molar-refractivity contribution >= 4 is 22.2 Å². The minimum Gasteiger partial charge on any atom is -1.00 e. The Balaban J connectivity index is 0.00000253. The predicted molar refractivity (Wildman–Crippen MR) is 152 cm³/mol. The largest absolute Gasteiger partial charge is 1.00 e. The maximum atomic E-state index is 14.1. The first-order valence-corrected chi connectivity index (χ1v) is 21.3. The summed E-state index contributed by atoms with van der Waals surface area (Å²) in [7, 11) is 0. The molecule has 199 valence electrons. The fourth-order valence-electron chi connectivity index (χ4n) is 5.44. The van der Waals surface area contributed by atoms with E-state index in [1.165, 1.54) is 27.1 Å². The van der Waals surface area contributed by atoms with Crippen molar-refractivity contribution in [1.29, 1.82) is 0 Å². The normalized spacial score (nSPS) is 15.2. The molecule has 6 heteroatoms. The molecule has 1 N–H and O–H groups in total. The molecule has 0 saturated carbocycles. The van der Waals surface area contributed by atoms with Gasteiger partial charge in [0.15, 0.2) is 0 Å². The fourth-order valence-corrected chi connectivity index (χ4v) is 27.2. The number of halogens is 2. The molecule has 0 bridgehead atoms. The van der Waals surface area contributed by atoms with E-state index < -0.39 is 27.1 Å². The van der Waals surface area contributed by atoms with Gasteiger partial charge >= 0.3 is 227 Å². The van der Waals surface area contributed by atoms with Crippen LogP contribution in [0.4, 0.5) is 0 Å². The topological polar surface area (TPSA) is 29.1 Å². The molecular formula is C32H38Cl2NOSiZr. The quantitative estimate of drug-likeness (QED) is 0.379. The van der Waals surface area contributed by atoms with Gasteiger partial charge in [0.05, 0.1) is 0 Å². The molecule has 1 aliphatic carbocycles. The minimum atomic E-state index is -2.77. The Morgan fingerprint density at radius 3 is 1.68 bits per heavy atom. The number of carbonyl (C=O) groups excluding carboxylic acids is 1. The Hall–Kier alpha value is -1.71. The molecule has 1 aliphatic rings. The molecule has 0 fully saturated rings. The van der Waals surface area contributed by atoms with Crippen LogP contribution in [0.1, 0.15) is 64.4 Å². The Bertz CT molecular complexity index is 1280. The second-order valence-corrected chi connectivity index (χ2v) is 24.8. The zero-order valence-electron chi connectivity index (χ0n) is 23.4. The molecule has 0 saturated heterocycles. The van der Waals surface area contributed by atoms with Crippen molar-refractivity contribution in [3.8, 4) is 0 Å². The number of benzene rings is 3. The van der Waals surface area contributed by atoms with Crippen LogP contribution in [0.25, 0.3) is 0 Å². The first kappa shape index (κ1) is 32.5. The smallest absolute Gasteiger partial charge is 1.00 e. The van der Waals surface area contributed by atoms with E-state index in [0.29, 0.717) is 5.92 Å². The summed E-state index contributed by atoms with van der Waals surface area (Å²) < 4.78 is 5.39. The monoisotopic (exact) mass is 640 g/mol. The van der Waals surface area contributed by atoms with Crippen LogP contribution in [-0.2, 0) is 26.6 Å². The maximum absolute atomic E-state index is 14.1. The van der Waals surface area contributed by atoms with Crippen LogP contribution in [0.15, 0.2) is 105 Å². The molecule has 0 aromatic heterocycles. The van der Waals surface area contributed by atoms with E-state index in [4.69, 9.17) is 0 Å². The van der Waals surface area contributed by atoms with Gasteiger partial charge in [-0.25, -0.2) is 0 Å². The summed E-state index contributed by atoms with van der Waals surface area (Å²) in [5.41, 5.74) is 6.12. The number of allylic oxidation sites excluding steroid dienone is 4. The van der Waals surface area contributed by atoms with Crippen molar-refractivity contribution in [3.63, 3.8) is 0 Å². The Morgan fingerprint density at radius 2 is 1.24 bits per heavy atom. The fraction of sp³-hybridized carbons (Fsp3) is 0.281. The maximum Gasteiger partial charge on any atom is -1.00 e. The van der Waals surface area contributed by atoms with Crippen LogP contribution in [0.5, 0.6) is 0 Å². The molecule has 0 heterocycles. The molecule has 0 spiro atoms. The Morgan fingerprint density at radius 1 is 0.763 bits per heavy atom. The Labute approximate surface area is 250 Å². The van der Waals surface area contributed by atoms with E-state index >= 15 is 0 Å². The Kier molecular flexibility index (Phi) is 11.6. The summed E-state index contributed by atoms with van der Waals surface area (Å²) in [6.45, 7) is 15.7. The van der Waals surface area contributed by atoms with Crippen LogP contribution in [-0.4, -0.2) is 11.8 Å². The van der Waals surface area contributed by atoms with Crippen molar-refractivity contribution in [2.75, 3.05) is 0 Å². The van der Waals surface area contributed by atoms with E-state index in [-0.39, 0.29) is 36.1 Å². The number of amides is 1. The molecule has 0 radical (unpaired) electrons. The van der Waals surface area contributed by atoms with Crippen LogP contribution < -0.4 is 38.4 Å². The van der Waals surface area contributed by atoms with Gasteiger partial charge in [0, 0.05) is 0 Å². The molecule has 1 amide bonds. The van der Waals surface area contributed by atoms with Gasteiger partial charge < -0.3 is 24.8 Å². The molecule has 3 aromatic rings. The standard InChI is InChI=1S/C12H11Si.C11H15NO.C9H13.2ClH.Zr/c1-3-7-11(8-4-1)13-12-9-5-2-6-10-12;1-11(2,3)9-7-5-4-6-8(9)10(12)13;1-6-5-7(2)9(4)8(6)3;;;/h1-10,13H;4-7H,1-3H3,(H2,12,13);6H,1-4H3;2*1H;/q;;;;;+3/p-3. The van der Waals surface area contributed by atoms with E-state index in [0.717, 1.165) is 11.1 Å². The third kappa shape index (κ3) is 6.70. The van der Waals surface area contributed by atoms with Crippen LogP contribution in [0, 0.1) is 5.92 Å². The summed E-state index contributed by atoms with van der Waals surface area (Å²) in [6, 6.07) is 30.2. The summed E-state index contributed by atoms with van der Waals surface area (Å²) in [4.78, 5) is 14.1. The van der Waals surface area contributed by atoms with Gasteiger partial charge in [-0.1, -0.05) is 0 Å². The van der Waals surface area contributed by atoms with Gasteiger partial charge in [-0.15, -0.1) is 0 Å². The summed E-state index contributed by atoms with van der Waals surface area (Å²) in [5, 5.41) is 2.86. The van der Waals surface area contributed by atoms with Gasteiger partial charge in [-0.05, 0) is 0 Å². The zero-order chi connectivity index (χ0) is 26.0. The van der Waals surface area contributed by atoms with Crippen molar-refractivity contribution in [2.45, 2.75) is 53.9 Å². The third-order valence-electron chi connectivity index (χ3n) is 7.71. The second-order valence-electron chi connectivity index (χ2n) is 11.0. The number of carbonyl (C=O) groups is 1. The summed E-state index contributed by atoms with van der Waals surface area (Å²) in [6.07, 6.45) is 0. The molecule has 3 aromatic carbocycles. The second kappa shape index (κ2) is 13.6. The SMILES string of the molecule is CC1=C(C)C(C)[C]([Zr+2]([NH]C(=O)c2ccccc2C(C)(C)C)[SiH](c2ccccc2)c2ccccc2)=C1C.[Cl-].[Cl-]. The molecule has 2 nitrogen and oxygen atoms in total. The third-order valence-corrected chi connectivity index (χ3v) is 26.9. The van der Waals surface area contributed by atoms with Crippen LogP contribution in [0.2, 0.25) is 0 Å². The zero-order valence-corrected chi connectivity index (χ0v) is 28.5. The van der Waals surface area contributed by atoms with Crippen molar-refractivity contribution in [2.24, 2.45) is 5.92 Å². The van der Waals surface area contributed by atoms with Gasteiger partial charge in [0.1, 0.15) is 0 Å². The average Bonchev–Trinajstić information content (AvgIpc) is 3.06. The van der Waals surface area contributed by atoms with Gasteiger partial charge in [-0.2, -0.15) is 0 Å². The summed E-state index contributed by atoms with van der Waals surface area (Å²) >= 11 is -2.77. The number of rotatable bonds is 6. The molecule has 1 unspecified atom stereocenters. The van der Waals surface area contributed by atoms with E-state index in [1.807, 2.05) is 18.2 Å². The van der Waals surface area contributed by atoms with E-state index in [2.05, 4.69) is 118 Å². The van der Waals surface area contributed by atoms with Crippen LogP contribution in [0.3, 0.4) is 0 Å². The van der Waals surface area contributed by atoms with Crippen molar-refractivity contribution in [1.82, 2.24) is 3.26 Å². The van der Waals surface area contributed by atoms with Crippen LogP contribution >= 0.6 is 0 Å². The number of nitrogens with one attached hydrogen (secondary N) is 1. The predicted octanol–water partition coefficient (Wildman–Crippen LogP) is 0.0534. The number of hydrogen-bond acceptors (Lipinski definition) is 1. The average molecular weight is 643 g/mol. The first-order valence-electron chi connectivity index (χ1n) is 12.9.